The largest absolute Gasteiger partial charge is 0.310 e. The van der Waals surface area contributed by atoms with Gasteiger partial charge in [0.25, 0.3) is 0 Å². The topological polar surface area (TPSA) is 3.24 Å². The Labute approximate surface area is 220 Å². The summed E-state index contributed by atoms with van der Waals surface area (Å²) in [6.07, 6.45) is 0. The minimum absolute atomic E-state index is 1.09. The molecule has 0 bridgehead atoms. The molecule has 6 rings (SSSR count). The van der Waals surface area contributed by atoms with E-state index in [-0.39, 0.29) is 0 Å². The molecule has 0 radical (unpaired) electrons. The first-order chi connectivity index (χ1) is 17.7. The molecule has 1 nitrogen and oxygen atoms in total. The van der Waals surface area contributed by atoms with Gasteiger partial charge in [-0.05, 0) is 81.6 Å². The normalized spacial score (nSPS) is 10.9. The van der Waals surface area contributed by atoms with Gasteiger partial charge in [0, 0.05) is 21.5 Å². The van der Waals surface area contributed by atoms with Crippen molar-refractivity contribution in [2.45, 2.75) is 0 Å². The lowest BCUT2D eigenvalue weighted by Crippen LogP contribution is -2.09. The van der Waals surface area contributed by atoms with E-state index in [9.17, 15) is 0 Å². The molecule has 36 heavy (non-hydrogen) atoms. The van der Waals surface area contributed by atoms with Gasteiger partial charge in [0.1, 0.15) is 0 Å². The van der Waals surface area contributed by atoms with Crippen molar-refractivity contribution in [3.05, 3.63) is 150 Å². The summed E-state index contributed by atoms with van der Waals surface area (Å²) in [7, 11) is 0. The molecular weight excluding hydrogens is 502 g/mol. The molecule has 0 aliphatic heterocycles. The third kappa shape index (κ3) is 4.56. The van der Waals surface area contributed by atoms with Crippen LogP contribution >= 0.6 is 15.9 Å². The number of hydrogen-bond acceptors (Lipinski definition) is 1. The second-order valence-electron chi connectivity index (χ2n) is 8.83. The number of halogens is 1. The summed E-state index contributed by atoms with van der Waals surface area (Å²) in [5, 5.41) is 2.47. The predicted octanol–water partition coefficient (Wildman–Crippen LogP) is 10.4. The molecule has 0 heterocycles. The maximum atomic E-state index is 3.53. The molecule has 0 atom stereocenters. The molecule has 0 aromatic heterocycles. The van der Waals surface area contributed by atoms with Gasteiger partial charge in [-0.15, -0.1) is 0 Å². The number of fused-ring (bicyclic) bond motifs is 1. The van der Waals surface area contributed by atoms with E-state index in [2.05, 4.69) is 166 Å². The van der Waals surface area contributed by atoms with Crippen LogP contribution in [0.2, 0.25) is 0 Å². The van der Waals surface area contributed by atoms with Crippen LogP contribution in [-0.4, -0.2) is 0 Å². The minimum atomic E-state index is 1.09. The molecular formula is C34H24BrN. The van der Waals surface area contributed by atoms with E-state index >= 15 is 0 Å². The summed E-state index contributed by atoms with van der Waals surface area (Å²) >= 11 is 3.53. The molecule has 0 amide bonds. The highest BCUT2D eigenvalue weighted by molar-refractivity contribution is 9.10. The second kappa shape index (κ2) is 9.85. The van der Waals surface area contributed by atoms with E-state index in [4.69, 9.17) is 0 Å². The van der Waals surface area contributed by atoms with E-state index in [0.29, 0.717) is 0 Å². The van der Waals surface area contributed by atoms with Gasteiger partial charge >= 0.3 is 0 Å². The molecule has 0 unspecified atom stereocenters. The SMILES string of the molecule is Brc1ccc(-c2ccc(N(c3ccc(-c4ccccc4)cc3)c3ccc4ccccc4c3)cc2)cc1. The lowest BCUT2D eigenvalue weighted by Gasteiger charge is -2.26. The van der Waals surface area contributed by atoms with Gasteiger partial charge in [-0.3, -0.25) is 0 Å². The Hall–Kier alpha value is -4.14. The summed E-state index contributed by atoms with van der Waals surface area (Å²) < 4.78 is 1.09. The van der Waals surface area contributed by atoms with Crippen molar-refractivity contribution >= 4 is 43.8 Å². The summed E-state index contributed by atoms with van der Waals surface area (Å²) in [4.78, 5) is 2.33. The summed E-state index contributed by atoms with van der Waals surface area (Å²) in [5.74, 6) is 0. The summed E-state index contributed by atoms with van der Waals surface area (Å²) in [6.45, 7) is 0. The highest BCUT2D eigenvalue weighted by atomic mass is 79.9. The zero-order chi connectivity index (χ0) is 24.3. The summed E-state index contributed by atoms with van der Waals surface area (Å²) in [5.41, 5.74) is 8.22. The lowest BCUT2D eigenvalue weighted by atomic mass is 10.0. The maximum Gasteiger partial charge on any atom is 0.0468 e. The van der Waals surface area contributed by atoms with Crippen molar-refractivity contribution in [3.8, 4) is 22.3 Å². The van der Waals surface area contributed by atoms with Crippen molar-refractivity contribution in [2.75, 3.05) is 4.90 Å². The van der Waals surface area contributed by atoms with Crippen molar-refractivity contribution < 1.29 is 0 Å². The van der Waals surface area contributed by atoms with Gasteiger partial charge < -0.3 is 4.90 Å². The Morgan fingerprint density at radius 2 is 0.806 bits per heavy atom. The third-order valence-corrected chi connectivity index (χ3v) is 7.06. The first kappa shape index (κ1) is 22.3. The molecule has 0 aliphatic carbocycles. The van der Waals surface area contributed by atoms with Gasteiger partial charge in [-0.25, -0.2) is 0 Å². The Morgan fingerprint density at radius 1 is 0.361 bits per heavy atom. The fourth-order valence-corrected chi connectivity index (χ4v) is 4.91. The zero-order valence-electron chi connectivity index (χ0n) is 19.7. The van der Waals surface area contributed by atoms with Gasteiger partial charge in [0.2, 0.25) is 0 Å². The van der Waals surface area contributed by atoms with Gasteiger partial charge in [0.05, 0.1) is 0 Å². The van der Waals surface area contributed by atoms with Crippen molar-refractivity contribution in [2.24, 2.45) is 0 Å². The fraction of sp³-hybridized carbons (Fsp3) is 0. The lowest BCUT2D eigenvalue weighted by molar-refractivity contribution is 1.29. The number of anilines is 3. The van der Waals surface area contributed by atoms with Crippen LogP contribution in [0.15, 0.2) is 150 Å². The number of hydrogen-bond donors (Lipinski definition) is 0. The van der Waals surface area contributed by atoms with Crippen LogP contribution in [0, 0.1) is 0 Å². The molecule has 6 aromatic carbocycles. The van der Waals surface area contributed by atoms with Gasteiger partial charge in [-0.2, -0.15) is 0 Å². The molecule has 2 heteroatoms. The van der Waals surface area contributed by atoms with Crippen LogP contribution < -0.4 is 4.90 Å². The first-order valence-corrected chi connectivity index (χ1v) is 12.8. The van der Waals surface area contributed by atoms with Crippen LogP contribution in [-0.2, 0) is 0 Å². The number of benzene rings is 6. The standard InChI is InChI=1S/C34H24BrN/c35-31-17-10-27(11-18-31)29-14-21-33(22-15-29)36(34-23-16-26-8-4-5-9-30(26)24-34)32-19-12-28(13-20-32)25-6-2-1-3-7-25/h1-24H. The molecule has 0 saturated carbocycles. The van der Waals surface area contributed by atoms with E-state index in [1.165, 1.54) is 33.0 Å². The van der Waals surface area contributed by atoms with E-state index in [1.807, 2.05) is 0 Å². The molecule has 0 spiro atoms. The van der Waals surface area contributed by atoms with E-state index < -0.39 is 0 Å². The van der Waals surface area contributed by atoms with E-state index in [0.717, 1.165) is 21.5 Å². The molecule has 0 aliphatic rings. The van der Waals surface area contributed by atoms with Crippen LogP contribution in [0.4, 0.5) is 17.1 Å². The molecule has 172 valence electrons. The summed E-state index contributed by atoms with van der Waals surface area (Å²) in [6, 6.07) is 51.8. The zero-order valence-corrected chi connectivity index (χ0v) is 21.3. The maximum absolute atomic E-state index is 3.53. The van der Waals surface area contributed by atoms with Crippen LogP contribution in [0.3, 0.4) is 0 Å². The van der Waals surface area contributed by atoms with Crippen LogP contribution in [0.1, 0.15) is 0 Å². The average Bonchev–Trinajstić information content (AvgIpc) is 2.95. The predicted molar refractivity (Wildman–Crippen MR) is 157 cm³/mol. The van der Waals surface area contributed by atoms with Crippen LogP contribution in [0.5, 0.6) is 0 Å². The fourth-order valence-electron chi connectivity index (χ4n) is 4.64. The highest BCUT2D eigenvalue weighted by Crippen LogP contribution is 2.38. The Kier molecular flexibility index (Phi) is 6.11. The van der Waals surface area contributed by atoms with E-state index in [1.54, 1.807) is 0 Å². The average molecular weight is 526 g/mol. The van der Waals surface area contributed by atoms with Gasteiger partial charge in [-0.1, -0.05) is 113 Å². The minimum Gasteiger partial charge on any atom is -0.310 e. The Morgan fingerprint density at radius 3 is 1.39 bits per heavy atom. The molecule has 0 fully saturated rings. The second-order valence-corrected chi connectivity index (χ2v) is 9.75. The van der Waals surface area contributed by atoms with Crippen LogP contribution in [0.25, 0.3) is 33.0 Å². The Balaban J connectivity index is 1.42. The van der Waals surface area contributed by atoms with Crippen molar-refractivity contribution in [1.29, 1.82) is 0 Å². The first-order valence-electron chi connectivity index (χ1n) is 12.0. The van der Waals surface area contributed by atoms with Crippen molar-refractivity contribution in [3.63, 3.8) is 0 Å². The van der Waals surface area contributed by atoms with Gasteiger partial charge in [0.15, 0.2) is 0 Å². The molecule has 0 N–H and O–H groups in total. The highest BCUT2D eigenvalue weighted by Gasteiger charge is 2.14. The quantitative estimate of drug-likeness (QED) is 0.216. The monoisotopic (exact) mass is 525 g/mol. The third-order valence-electron chi connectivity index (χ3n) is 6.53. The molecule has 6 aromatic rings. The molecule has 0 saturated heterocycles. The smallest absolute Gasteiger partial charge is 0.0468 e. The number of rotatable bonds is 5. The number of nitrogens with zero attached hydrogens (tertiary/aromatic N) is 1. The van der Waals surface area contributed by atoms with Crippen molar-refractivity contribution in [1.82, 2.24) is 0 Å². The Bertz CT molecular complexity index is 1600.